The van der Waals surface area contributed by atoms with Gasteiger partial charge in [-0.05, 0) is 43.4 Å². The second-order valence-corrected chi connectivity index (χ2v) is 8.48. The molecule has 5 heteroatoms. The molecule has 1 heterocycles. The molecule has 3 rings (SSSR count). The lowest BCUT2D eigenvalue weighted by Crippen LogP contribution is -2.55. The molecule has 0 aromatic heterocycles. The number of nitrogens with two attached hydrogens (primary N) is 1. The standard InChI is InChI=1S/C19H36N2O3/c1-11(2)12(3)18-19(24-18)21-9-10-23-15-8-7-13-5-4-6-14(22)16(13)17(15)20/h11-19,21-22H,4-10,20H2,1-3H3. The van der Waals surface area contributed by atoms with E-state index in [4.69, 9.17) is 15.2 Å². The fraction of sp³-hybridized carbons (Fsp3) is 1.00. The van der Waals surface area contributed by atoms with Crippen LogP contribution in [0.5, 0.6) is 0 Å². The summed E-state index contributed by atoms with van der Waals surface area (Å²) in [4.78, 5) is 0. The monoisotopic (exact) mass is 340 g/mol. The fourth-order valence-electron chi connectivity index (χ4n) is 4.69. The van der Waals surface area contributed by atoms with E-state index in [0.717, 1.165) is 32.2 Å². The van der Waals surface area contributed by atoms with Crippen molar-refractivity contribution in [2.75, 3.05) is 13.2 Å². The number of aliphatic hydroxyl groups is 1. The summed E-state index contributed by atoms with van der Waals surface area (Å²) in [6.07, 6.45) is 5.83. The average Bonchev–Trinajstić information content (AvgIpc) is 3.32. The Labute approximate surface area is 146 Å². The number of nitrogens with one attached hydrogen (secondary N) is 1. The summed E-state index contributed by atoms with van der Waals surface area (Å²) >= 11 is 0. The molecule has 1 aliphatic heterocycles. The van der Waals surface area contributed by atoms with Crippen molar-refractivity contribution in [1.82, 2.24) is 5.32 Å². The van der Waals surface area contributed by atoms with Crippen LogP contribution in [0.3, 0.4) is 0 Å². The minimum atomic E-state index is -0.235. The van der Waals surface area contributed by atoms with Gasteiger partial charge in [-0.15, -0.1) is 0 Å². The zero-order valence-electron chi connectivity index (χ0n) is 15.5. The quantitative estimate of drug-likeness (QED) is 0.487. The van der Waals surface area contributed by atoms with Crippen molar-refractivity contribution in [1.29, 1.82) is 0 Å². The highest BCUT2D eigenvalue weighted by Crippen LogP contribution is 2.41. The SMILES string of the molecule is CC(C)C(C)C1OC1NCCOC1CCC2CCCC(O)C2C1N. The fourth-order valence-corrected chi connectivity index (χ4v) is 4.69. The molecular formula is C19H36N2O3. The van der Waals surface area contributed by atoms with E-state index in [1.807, 2.05) is 0 Å². The molecule has 0 spiro atoms. The van der Waals surface area contributed by atoms with E-state index >= 15 is 0 Å². The van der Waals surface area contributed by atoms with Crippen LogP contribution in [-0.2, 0) is 9.47 Å². The van der Waals surface area contributed by atoms with Crippen LogP contribution in [0.25, 0.3) is 0 Å². The lowest BCUT2D eigenvalue weighted by molar-refractivity contribution is -0.0714. The van der Waals surface area contributed by atoms with Crippen molar-refractivity contribution < 1.29 is 14.6 Å². The van der Waals surface area contributed by atoms with E-state index in [-0.39, 0.29) is 30.4 Å². The van der Waals surface area contributed by atoms with Crippen molar-refractivity contribution in [3.05, 3.63) is 0 Å². The van der Waals surface area contributed by atoms with E-state index in [0.29, 0.717) is 30.5 Å². The highest BCUT2D eigenvalue weighted by Gasteiger charge is 2.44. The van der Waals surface area contributed by atoms with Crippen LogP contribution in [0.15, 0.2) is 0 Å². The van der Waals surface area contributed by atoms with Gasteiger partial charge >= 0.3 is 0 Å². The van der Waals surface area contributed by atoms with Crippen LogP contribution in [0.2, 0.25) is 0 Å². The summed E-state index contributed by atoms with van der Waals surface area (Å²) in [5.74, 6) is 2.06. The maximum Gasteiger partial charge on any atom is 0.135 e. The highest BCUT2D eigenvalue weighted by atomic mass is 16.6. The van der Waals surface area contributed by atoms with Crippen molar-refractivity contribution in [2.45, 2.75) is 83.5 Å². The summed E-state index contributed by atoms with van der Waals surface area (Å²) in [6.45, 7) is 8.19. The van der Waals surface area contributed by atoms with Crippen LogP contribution in [0.4, 0.5) is 0 Å². The molecule has 8 atom stereocenters. The predicted octanol–water partition coefficient (Wildman–Crippen LogP) is 1.88. The summed E-state index contributed by atoms with van der Waals surface area (Å²) in [5, 5.41) is 13.7. The molecular weight excluding hydrogens is 304 g/mol. The molecule has 0 bridgehead atoms. The lowest BCUT2D eigenvalue weighted by atomic mass is 9.66. The van der Waals surface area contributed by atoms with Crippen molar-refractivity contribution in [2.24, 2.45) is 29.4 Å². The normalized spacial score (nSPS) is 43.5. The second-order valence-electron chi connectivity index (χ2n) is 8.48. The van der Waals surface area contributed by atoms with Gasteiger partial charge in [0.2, 0.25) is 0 Å². The van der Waals surface area contributed by atoms with Gasteiger partial charge in [0.05, 0.1) is 18.8 Å². The highest BCUT2D eigenvalue weighted by molar-refractivity contribution is 4.96. The molecule has 0 amide bonds. The molecule has 3 aliphatic rings. The van der Waals surface area contributed by atoms with E-state index < -0.39 is 0 Å². The molecule has 8 unspecified atom stereocenters. The summed E-state index contributed by atoms with van der Waals surface area (Å²) < 4.78 is 11.8. The molecule has 24 heavy (non-hydrogen) atoms. The number of hydrogen-bond donors (Lipinski definition) is 3. The first-order chi connectivity index (χ1) is 11.5. The lowest BCUT2D eigenvalue weighted by Gasteiger charge is -2.46. The third-order valence-corrected chi connectivity index (χ3v) is 6.63. The smallest absolute Gasteiger partial charge is 0.135 e. The van der Waals surface area contributed by atoms with Gasteiger partial charge in [0.25, 0.3) is 0 Å². The van der Waals surface area contributed by atoms with Crippen molar-refractivity contribution in [3.63, 3.8) is 0 Å². The van der Waals surface area contributed by atoms with Crippen molar-refractivity contribution in [3.8, 4) is 0 Å². The zero-order valence-corrected chi connectivity index (χ0v) is 15.5. The van der Waals surface area contributed by atoms with Crippen LogP contribution >= 0.6 is 0 Å². The molecule has 140 valence electrons. The maximum atomic E-state index is 10.3. The second kappa shape index (κ2) is 8.00. The molecule has 5 nitrogen and oxygen atoms in total. The Hall–Kier alpha value is -0.200. The first-order valence-electron chi connectivity index (χ1n) is 9.93. The molecule has 2 aliphatic carbocycles. The average molecular weight is 341 g/mol. The van der Waals surface area contributed by atoms with Gasteiger partial charge in [-0.2, -0.15) is 0 Å². The number of fused-ring (bicyclic) bond motifs is 1. The summed E-state index contributed by atoms with van der Waals surface area (Å²) in [6, 6.07) is -0.0232. The third-order valence-electron chi connectivity index (χ3n) is 6.63. The molecule has 0 aromatic carbocycles. The van der Waals surface area contributed by atoms with Crippen molar-refractivity contribution >= 4 is 0 Å². The number of rotatable bonds is 7. The minimum Gasteiger partial charge on any atom is -0.393 e. The molecule has 2 saturated carbocycles. The number of aliphatic hydroxyl groups excluding tert-OH is 1. The van der Waals surface area contributed by atoms with Gasteiger partial charge in [-0.25, -0.2) is 0 Å². The van der Waals surface area contributed by atoms with Gasteiger partial charge in [0, 0.05) is 18.5 Å². The van der Waals surface area contributed by atoms with Crippen LogP contribution in [-0.4, -0.2) is 48.8 Å². The Morgan fingerprint density at radius 1 is 1.21 bits per heavy atom. The number of epoxide rings is 1. The van der Waals surface area contributed by atoms with Crippen LogP contribution < -0.4 is 11.1 Å². The predicted molar refractivity (Wildman–Crippen MR) is 94.5 cm³/mol. The summed E-state index contributed by atoms with van der Waals surface area (Å²) in [7, 11) is 0. The topological polar surface area (TPSA) is 80.0 Å². The van der Waals surface area contributed by atoms with E-state index in [2.05, 4.69) is 26.1 Å². The Kier molecular flexibility index (Phi) is 6.20. The number of hydrogen-bond acceptors (Lipinski definition) is 5. The van der Waals surface area contributed by atoms with Crippen LogP contribution in [0, 0.1) is 23.7 Å². The van der Waals surface area contributed by atoms with Gasteiger partial charge in [0.1, 0.15) is 12.3 Å². The van der Waals surface area contributed by atoms with E-state index in [1.54, 1.807) is 0 Å². The third kappa shape index (κ3) is 4.13. The van der Waals surface area contributed by atoms with Gasteiger partial charge in [-0.1, -0.05) is 27.2 Å². The Balaban J connectivity index is 1.35. The minimum absolute atomic E-state index is 0.0232. The zero-order chi connectivity index (χ0) is 17.3. The molecule has 0 radical (unpaired) electrons. The van der Waals surface area contributed by atoms with Crippen LogP contribution in [0.1, 0.15) is 52.9 Å². The van der Waals surface area contributed by atoms with Gasteiger partial charge in [-0.3, -0.25) is 5.32 Å². The van der Waals surface area contributed by atoms with E-state index in [9.17, 15) is 5.11 Å². The molecule has 4 N–H and O–H groups in total. The largest absolute Gasteiger partial charge is 0.393 e. The molecule has 0 aromatic rings. The molecule has 3 fully saturated rings. The maximum absolute atomic E-state index is 10.3. The number of ether oxygens (including phenoxy) is 2. The first kappa shape index (κ1) is 18.6. The molecule has 1 saturated heterocycles. The summed E-state index contributed by atoms with van der Waals surface area (Å²) in [5.41, 5.74) is 6.44. The van der Waals surface area contributed by atoms with Gasteiger partial charge < -0.3 is 20.3 Å². The first-order valence-corrected chi connectivity index (χ1v) is 9.93. The van der Waals surface area contributed by atoms with Gasteiger partial charge in [0.15, 0.2) is 0 Å². The Bertz CT molecular complexity index is 406. The Morgan fingerprint density at radius 2 is 2.00 bits per heavy atom. The Morgan fingerprint density at radius 3 is 2.75 bits per heavy atom. The van der Waals surface area contributed by atoms with E-state index in [1.165, 1.54) is 6.42 Å².